The van der Waals surface area contributed by atoms with Crippen molar-refractivity contribution in [3.63, 3.8) is 0 Å². The third-order valence-electron chi connectivity index (χ3n) is 3.42. The van der Waals surface area contributed by atoms with Gasteiger partial charge in [-0.15, -0.1) is 11.3 Å². The Kier molecular flexibility index (Phi) is 3.16. The van der Waals surface area contributed by atoms with Gasteiger partial charge in [0, 0.05) is 27.9 Å². The zero-order valence-electron chi connectivity index (χ0n) is 11.1. The lowest BCUT2D eigenvalue weighted by Crippen LogP contribution is -1.99. The maximum absolute atomic E-state index is 4.57. The van der Waals surface area contributed by atoms with Crippen molar-refractivity contribution in [1.29, 1.82) is 0 Å². The number of hydrogen-bond donors (Lipinski definition) is 1. The van der Waals surface area contributed by atoms with Gasteiger partial charge < -0.3 is 5.32 Å². The van der Waals surface area contributed by atoms with Gasteiger partial charge in [-0.3, -0.25) is 4.40 Å². The van der Waals surface area contributed by atoms with Gasteiger partial charge in [-0.25, -0.2) is 4.98 Å². The number of aromatic nitrogens is 2. The Balaban J connectivity index is 1.56. The molecule has 0 saturated carbocycles. The largest absolute Gasteiger partial charge is 0.379 e. The topological polar surface area (TPSA) is 29.3 Å². The second-order valence-corrected chi connectivity index (χ2v) is 6.67. The number of nitrogens with zero attached hydrogens (tertiary/aromatic N) is 2. The van der Waals surface area contributed by atoms with Crippen molar-refractivity contribution in [3.05, 3.63) is 64.3 Å². The lowest BCUT2D eigenvalue weighted by molar-refractivity contribution is 1.08. The summed E-state index contributed by atoms with van der Waals surface area (Å²) in [7, 11) is 0. The van der Waals surface area contributed by atoms with Crippen LogP contribution in [-0.2, 0) is 6.54 Å². The first-order chi connectivity index (χ1) is 10.3. The van der Waals surface area contributed by atoms with Crippen molar-refractivity contribution in [2.75, 3.05) is 5.32 Å². The quantitative estimate of drug-likeness (QED) is 0.563. The number of halogens is 1. The number of fused-ring (bicyclic) bond motifs is 2. The summed E-state index contributed by atoms with van der Waals surface area (Å²) < 4.78 is 3.16. The first kappa shape index (κ1) is 12.9. The molecule has 0 amide bonds. The van der Waals surface area contributed by atoms with E-state index in [4.69, 9.17) is 0 Å². The first-order valence-electron chi connectivity index (χ1n) is 6.62. The van der Waals surface area contributed by atoms with E-state index in [1.54, 1.807) is 11.3 Å². The number of benzene rings is 2. The number of nitrogens with one attached hydrogen (secondary N) is 1. The summed E-state index contributed by atoms with van der Waals surface area (Å²) in [5, 5.41) is 7.94. The molecule has 4 aromatic rings. The van der Waals surface area contributed by atoms with Gasteiger partial charge in [0.05, 0.1) is 12.2 Å². The van der Waals surface area contributed by atoms with E-state index in [9.17, 15) is 0 Å². The summed E-state index contributed by atoms with van der Waals surface area (Å²) in [6.45, 7) is 0.733. The number of anilines is 1. The van der Waals surface area contributed by atoms with Gasteiger partial charge in [-0.2, -0.15) is 0 Å². The summed E-state index contributed by atoms with van der Waals surface area (Å²) in [5.74, 6) is 0. The predicted molar refractivity (Wildman–Crippen MR) is 92.0 cm³/mol. The van der Waals surface area contributed by atoms with Crippen LogP contribution in [0.25, 0.3) is 15.7 Å². The van der Waals surface area contributed by atoms with Crippen LogP contribution in [0.2, 0.25) is 0 Å². The summed E-state index contributed by atoms with van der Waals surface area (Å²) in [5.41, 5.74) is 2.17. The Bertz CT molecular complexity index is 897. The van der Waals surface area contributed by atoms with Crippen LogP contribution in [-0.4, -0.2) is 9.38 Å². The highest BCUT2D eigenvalue weighted by atomic mass is 79.9. The van der Waals surface area contributed by atoms with Crippen molar-refractivity contribution in [2.24, 2.45) is 0 Å². The normalized spacial score (nSPS) is 11.3. The molecule has 21 heavy (non-hydrogen) atoms. The smallest absolute Gasteiger partial charge is 0.193 e. The number of thiazole rings is 1. The third-order valence-corrected chi connectivity index (χ3v) is 4.68. The average Bonchev–Trinajstić information content (AvgIpc) is 3.06. The molecule has 3 nitrogen and oxygen atoms in total. The summed E-state index contributed by atoms with van der Waals surface area (Å²) in [6, 6.07) is 12.7. The Morgan fingerprint density at radius 2 is 2.00 bits per heavy atom. The van der Waals surface area contributed by atoms with E-state index >= 15 is 0 Å². The molecule has 0 bridgehead atoms. The molecule has 0 aliphatic carbocycles. The average molecular weight is 358 g/mol. The zero-order valence-corrected chi connectivity index (χ0v) is 13.5. The molecule has 5 heteroatoms. The number of rotatable bonds is 3. The van der Waals surface area contributed by atoms with Gasteiger partial charge in [-0.1, -0.05) is 28.1 Å². The summed E-state index contributed by atoms with van der Waals surface area (Å²) >= 11 is 5.15. The van der Waals surface area contributed by atoms with Crippen molar-refractivity contribution < 1.29 is 0 Å². The van der Waals surface area contributed by atoms with Gasteiger partial charge in [0.2, 0.25) is 0 Å². The molecular weight excluding hydrogens is 346 g/mol. The molecule has 0 spiro atoms. The minimum Gasteiger partial charge on any atom is -0.379 e. The monoisotopic (exact) mass is 357 g/mol. The fourth-order valence-corrected chi connectivity index (χ4v) is 3.48. The van der Waals surface area contributed by atoms with Crippen LogP contribution in [0.1, 0.15) is 5.69 Å². The minimum atomic E-state index is 0.733. The Hall–Kier alpha value is -1.85. The molecule has 2 heterocycles. The molecular formula is C16H12BrN3S. The van der Waals surface area contributed by atoms with Crippen LogP contribution in [0.3, 0.4) is 0 Å². The predicted octanol–water partition coefficient (Wildman–Crippen LogP) is 4.92. The molecule has 2 aromatic carbocycles. The molecule has 0 unspecified atom stereocenters. The second-order valence-electron chi connectivity index (χ2n) is 4.88. The molecule has 4 rings (SSSR count). The lowest BCUT2D eigenvalue weighted by atomic mass is 10.1. The number of imidazole rings is 1. The molecule has 0 saturated heterocycles. The molecule has 104 valence electrons. The van der Waals surface area contributed by atoms with E-state index in [-0.39, 0.29) is 0 Å². The lowest BCUT2D eigenvalue weighted by Gasteiger charge is -2.06. The van der Waals surface area contributed by atoms with Crippen LogP contribution in [0.5, 0.6) is 0 Å². The Morgan fingerprint density at radius 1 is 1.14 bits per heavy atom. The molecule has 0 atom stereocenters. The van der Waals surface area contributed by atoms with E-state index in [2.05, 4.69) is 73.2 Å². The van der Waals surface area contributed by atoms with Crippen LogP contribution < -0.4 is 5.32 Å². The fourth-order valence-electron chi connectivity index (χ4n) is 2.38. The standard InChI is InChI=1S/C16H12BrN3S/c17-13-3-1-12-8-14(4-2-11(12)7-13)18-9-15-10-20-5-6-21-16(20)19-15/h1-8,10,18H,9H2. The molecule has 2 aromatic heterocycles. The molecule has 0 radical (unpaired) electrons. The summed E-state index contributed by atoms with van der Waals surface area (Å²) in [4.78, 5) is 5.61. The number of hydrogen-bond acceptors (Lipinski definition) is 3. The van der Waals surface area contributed by atoms with Crippen LogP contribution >= 0.6 is 27.3 Å². The van der Waals surface area contributed by atoms with Gasteiger partial charge in [0.25, 0.3) is 0 Å². The SMILES string of the molecule is Brc1ccc2cc(NCc3cn4ccsc4n3)ccc2c1. The second kappa shape index (κ2) is 5.16. The zero-order chi connectivity index (χ0) is 14.2. The maximum Gasteiger partial charge on any atom is 0.193 e. The van der Waals surface area contributed by atoms with E-state index in [0.717, 1.165) is 27.4 Å². The van der Waals surface area contributed by atoms with Crippen LogP contribution in [0, 0.1) is 0 Å². The minimum absolute atomic E-state index is 0.733. The van der Waals surface area contributed by atoms with Crippen LogP contribution in [0.15, 0.2) is 58.6 Å². The first-order valence-corrected chi connectivity index (χ1v) is 8.29. The fraction of sp³-hybridized carbons (Fsp3) is 0.0625. The highest BCUT2D eigenvalue weighted by molar-refractivity contribution is 9.10. The Morgan fingerprint density at radius 3 is 2.90 bits per heavy atom. The van der Waals surface area contributed by atoms with Gasteiger partial charge in [0.15, 0.2) is 4.96 Å². The van der Waals surface area contributed by atoms with E-state index in [1.807, 2.05) is 11.6 Å². The van der Waals surface area contributed by atoms with Gasteiger partial charge >= 0.3 is 0 Å². The van der Waals surface area contributed by atoms with Gasteiger partial charge in [-0.05, 0) is 35.0 Å². The van der Waals surface area contributed by atoms with Crippen molar-refractivity contribution >= 4 is 48.7 Å². The van der Waals surface area contributed by atoms with Crippen molar-refractivity contribution in [2.45, 2.75) is 6.54 Å². The molecule has 0 fully saturated rings. The van der Waals surface area contributed by atoms with Gasteiger partial charge in [0.1, 0.15) is 0 Å². The highest BCUT2D eigenvalue weighted by Crippen LogP contribution is 2.23. The van der Waals surface area contributed by atoms with Crippen molar-refractivity contribution in [3.8, 4) is 0 Å². The molecule has 0 aliphatic heterocycles. The van der Waals surface area contributed by atoms with Crippen LogP contribution in [0.4, 0.5) is 5.69 Å². The molecule has 1 N–H and O–H groups in total. The summed E-state index contributed by atoms with van der Waals surface area (Å²) in [6.07, 6.45) is 4.10. The van der Waals surface area contributed by atoms with Crippen molar-refractivity contribution in [1.82, 2.24) is 9.38 Å². The third kappa shape index (κ3) is 2.54. The van der Waals surface area contributed by atoms with E-state index < -0.39 is 0 Å². The maximum atomic E-state index is 4.57. The van der Waals surface area contributed by atoms with E-state index in [0.29, 0.717) is 0 Å². The Labute approximate surface area is 134 Å². The highest BCUT2D eigenvalue weighted by Gasteiger charge is 2.03. The molecule has 0 aliphatic rings. The van der Waals surface area contributed by atoms with E-state index in [1.165, 1.54) is 10.8 Å².